The summed E-state index contributed by atoms with van der Waals surface area (Å²) in [5.41, 5.74) is -1.72. The van der Waals surface area contributed by atoms with Crippen LogP contribution in [-0.4, -0.2) is 18.5 Å². The first-order chi connectivity index (χ1) is 12.1. The Balaban J connectivity index is 2.09. The third-order valence-electron chi connectivity index (χ3n) is 3.07. The molecule has 1 N–H and O–H groups in total. The molecule has 138 valence electrons. The smallest absolute Gasteiger partial charge is 0.418 e. The number of halogens is 6. The van der Waals surface area contributed by atoms with Crippen LogP contribution in [-0.2, 0) is 15.7 Å². The molecule has 0 heterocycles. The van der Waals surface area contributed by atoms with Crippen molar-refractivity contribution in [2.24, 2.45) is 0 Å². The Hall–Kier alpha value is -1.77. The molecule has 0 fully saturated rings. The molecule has 0 aliphatic heterocycles. The van der Waals surface area contributed by atoms with Crippen LogP contribution in [0.4, 0.5) is 18.9 Å². The fourth-order valence-electron chi connectivity index (χ4n) is 1.93. The number of esters is 1. The van der Waals surface area contributed by atoms with Gasteiger partial charge in [-0.2, -0.15) is 13.2 Å². The number of benzene rings is 2. The summed E-state index contributed by atoms with van der Waals surface area (Å²) < 4.78 is 44.3. The van der Waals surface area contributed by atoms with Crippen LogP contribution in [0.2, 0.25) is 10.0 Å². The van der Waals surface area contributed by atoms with E-state index in [1.54, 1.807) is 6.07 Å². The van der Waals surface area contributed by atoms with Gasteiger partial charge in [0.2, 0.25) is 0 Å². The van der Waals surface area contributed by atoms with Crippen molar-refractivity contribution in [2.75, 3.05) is 11.9 Å². The van der Waals surface area contributed by atoms with E-state index in [0.717, 1.165) is 12.1 Å². The molecule has 10 heteroatoms. The molecular weight excluding hydrogens is 462 g/mol. The maximum absolute atomic E-state index is 13.0. The minimum absolute atomic E-state index is 0.00238. The lowest BCUT2D eigenvalue weighted by atomic mass is 10.1. The molecule has 0 aliphatic carbocycles. The standard InChI is InChI=1S/C16H9BrCl2F3NO3/c17-8-4-5-11(18)9(6-8)15(25)26-7-13(24)23-14-10(16(20,21)22)2-1-3-12(14)19/h1-6H,7H2,(H,23,24). The summed E-state index contributed by atoms with van der Waals surface area (Å²) in [5, 5.41) is 1.81. The number of hydrogen-bond acceptors (Lipinski definition) is 3. The first-order valence-electron chi connectivity index (χ1n) is 6.87. The van der Waals surface area contributed by atoms with E-state index in [-0.39, 0.29) is 15.6 Å². The lowest BCUT2D eigenvalue weighted by Crippen LogP contribution is -2.23. The van der Waals surface area contributed by atoms with Crippen LogP contribution < -0.4 is 5.32 Å². The van der Waals surface area contributed by atoms with Crippen LogP contribution in [0.1, 0.15) is 15.9 Å². The monoisotopic (exact) mass is 469 g/mol. The highest BCUT2D eigenvalue weighted by Crippen LogP contribution is 2.38. The minimum Gasteiger partial charge on any atom is -0.452 e. The van der Waals surface area contributed by atoms with Gasteiger partial charge in [-0.25, -0.2) is 4.79 Å². The molecular formula is C16H9BrCl2F3NO3. The van der Waals surface area contributed by atoms with Crippen molar-refractivity contribution in [2.45, 2.75) is 6.18 Å². The quantitative estimate of drug-likeness (QED) is 0.594. The number of alkyl halides is 3. The molecule has 0 atom stereocenters. The number of carbonyl (C=O) groups is 2. The normalized spacial score (nSPS) is 11.2. The summed E-state index contributed by atoms with van der Waals surface area (Å²) >= 11 is 14.8. The fourth-order valence-corrected chi connectivity index (χ4v) is 2.70. The molecule has 1 amide bonds. The van der Waals surface area contributed by atoms with Crippen molar-refractivity contribution >= 4 is 56.7 Å². The molecule has 0 spiro atoms. The van der Waals surface area contributed by atoms with Crippen LogP contribution in [0, 0.1) is 0 Å². The van der Waals surface area contributed by atoms with Crippen molar-refractivity contribution < 1.29 is 27.5 Å². The van der Waals surface area contributed by atoms with Gasteiger partial charge in [-0.05, 0) is 30.3 Å². The predicted molar refractivity (Wildman–Crippen MR) is 94.5 cm³/mol. The number of hydrogen-bond donors (Lipinski definition) is 1. The second-order valence-corrected chi connectivity index (χ2v) is 6.64. The van der Waals surface area contributed by atoms with E-state index < -0.39 is 35.9 Å². The average molecular weight is 471 g/mol. The van der Waals surface area contributed by atoms with Crippen molar-refractivity contribution in [3.8, 4) is 0 Å². The van der Waals surface area contributed by atoms with Gasteiger partial charge in [-0.15, -0.1) is 0 Å². The van der Waals surface area contributed by atoms with Gasteiger partial charge in [0.1, 0.15) is 0 Å². The molecule has 2 rings (SSSR count). The third-order valence-corrected chi connectivity index (χ3v) is 4.20. The summed E-state index contributed by atoms with van der Waals surface area (Å²) in [4.78, 5) is 23.8. The Morgan fingerprint density at radius 1 is 1.12 bits per heavy atom. The molecule has 0 aliphatic rings. The summed E-state index contributed by atoms with van der Waals surface area (Å²) in [7, 11) is 0. The Labute approximate surface area is 164 Å². The topological polar surface area (TPSA) is 55.4 Å². The maximum atomic E-state index is 13.0. The Morgan fingerprint density at radius 2 is 1.81 bits per heavy atom. The molecule has 0 aromatic heterocycles. The highest BCUT2D eigenvalue weighted by Gasteiger charge is 2.34. The summed E-state index contributed by atoms with van der Waals surface area (Å²) in [6, 6.07) is 7.51. The van der Waals surface area contributed by atoms with E-state index in [0.29, 0.717) is 4.47 Å². The Bertz CT molecular complexity index is 859. The molecule has 0 saturated carbocycles. The van der Waals surface area contributed by atoms with Gasteiger partial charge in [0.15, 0.2) is 6.61 Å². The highest BCUT2D eigenvalue weighted by molar-refractivity contribution is 9.10. The third kappa shape index (κ3) is 5.12. The first-order valence-corrected chi connectivity index (χ1v) is 8.42. The highest BCUT2D eigenvalue weighted by atomic mass is 79.9. The molecule has 2 aromatic rings. The Kier molecular flexibility index (Phi) is 6.54. The van der Waals surface area contributed by atoms with E-state index >= 15 is 0 Å². The van der Waals surface area contributed by atoms with Gasteiger partial charge in [0.05, 0.1) is 26.9 Å². The van der Waals surface area contributed by atoms with E-state index in [1.807, 2.05) is 5.32 Å². The van der Waals surface area contributed by atoms with Crippen LogP contribution >= 0.6 is 39.1 Å². The van der Waals surface area contributed by atoms with Gasteiger partial charge in [-0.3, -0.25) is 4.79 Å². The van der Waals surface area contributed by atoms with Gasteiger partial charge in [0, 0.05) is 4.47 Å². The minimum atomic E-state index is -4.71. The summed E-state index contributed by atoms with van der Waals surface area (Å²) in [6.07, 6.45) is -4.71. The first kappa shape index (κ1) is 20.5. The van der Waals surface area contributed by atoms with Crippen LogP contribution in [0.5, 0.6) is 0 Å². The van der Waals surface area contributed by atoms with Crippen molar-refractivity contribution in [3.63, 3.8) is 0 Å². The molecule has 0 unspecified atom stereocenters. The molecule has 0 radical (unpaired) electrons. The van der Waals surface area contributed by atoms with Gasteiger partial charge < -0.3 is 10.1 Å². The van der Waals surface area contributed by atoms with Gasteiger partial charge in [0.25, 0.3) is 5.91 Å². The SMILES string of the molecule is O=C(COC(=O)c1cc(Br)ccc1Cl)Nc1c(Cl)cccc1C(F)(F)F. The largest absolute Gasteiger partial charge is 0.452 e. The lowest BCUT2D eigenvalue weighted by Gasteiger charge is -2.15. The zero-order chi connectivity index (χ0) is 19.5. The summed E-state index contributed by atoms with van der Waals surface area (Å²) in [5.74, 6) is -1.88. The second-order valence-electron chi connectivity index (χ2n) is 4.91. The van der Waals surface area contributed by atoms with Crippen LogP contribution in [0.3, 0.4) is 0 Å². The van der Waals surface area contributed by atoms with Gasteiger partial charge >= 0.3 is 12.1 Å². The van der Waals surface area contributed by atoms with Crippen LogP contribution in [0.15, 0.2) is 40.9 Å². The average Bonchev–Trinajstić information content (AvgIpc) is 2.55. The fraction of sp³-hybridized carbons (Fsp3) is 0.125. The number of para-hydroxylation sites is 1. The molecule has 4 nitrogen and oxygen atoms in total. The summed E-state index contributed by atoms with van der Waals surface area (Å²) in [6.45, 7) is -0.815. The van der Waals surface area contributed by atoms with E-state index in [9.17, 15) is 22.8 Å². The van der Waals surface area contributed by atoms with E-state index in [1.165, 1.54) is 18.2 Å². The van der Waals surface area contributed by atoms with Crippen molar-refractivity contribution in [1.29, 1.82) is 0 Å². The number of anilines is 1. The zero-order valence-electron chi connectivity index (χ0n) is 12.7. The molecule has 0 saturated heterocycles. The number of carbonyl (C=O) groups excluding carboxylic acids is 2. The molecule has 26 heavy (non-hydrogen) atoms. The van der Waals surface area contributed by atoms with E-state index in [4.69, 9.17) is 27.9 Å². The molecule has 0 bridgehead atoms. The number of amides is 1. The van der Waals surface area contributed by atoms with Crippen molar-refractivity contribution in [1.82, 2.24) is 0 Å². The molecule has 2 aromatic carbocycles. The number of rotatable bonds is 4. The predicted octanol–water partition coefficient (Wildman–Crippen LogP) is 5.57. The van der Waals surface area contributed by atoms with Crippen LogP contribution in [0.25, 0.3) is 0 Å². The number of ether oxygens (including phenoxy) is 1. The van der Waals surface area contributed by atoms with Crippen molar-refractivity contribution in [3.05, 3.63) is 62.0 Å². The Morgan fingerprint density at radius 3 is 2.46 bits per heavy atom. The second kappa shape index (κ2) is 8.28. The zero-order valence-corrected chi connectivity index (χ0v) is 15.8. The number of nitrogens with one attached hydrogen (secondary N) is 1. The van der Waals surface area contributed by atoms with E-state index in [2.05, 4.69) is 15.9 Å². The lowest BCUT2D eigenvalue weighted by molar-refractivity contribution is -0.137. The van der Waals surface area contributed by atoms with Gasteiger partial charge in [-0.1, -0.05) is 45.2 Å². The maximum Gasteiger partial charge on any atom is 0.418 e.